The van der Waals surface area contributed by atoms with E-state index in [0.717, 1.165) is 22.9 Å². The maximum atomic E-state index is 13.1. The molecule has 8 heteroatoms. The summed E-state index contributed by atoms with van der Waals surface area (Å²) in [6.45, 7) is 2.00. The van der Waals surface area contributed by atoms with Crippen molar-refractivity contribution in [3.63, 3.8) is 0 Å². The largest absolute Gasteiger partial charge is 0.459 e. The van der Waals surface area contributed by atoms with Crippen molar-refractivity contribution < 1.29 is 17.6 Å². The number of hydrazone groups is 1. The standard InChI is InChI=1S/C22H21N3O4S/c1-15-7-3-4-10-18(15)20-14-19(23-25(20)22(26)21-11-6-12-29-21)16-8-5-9-17(13-16)24-30(2,27)28/h3-13,20,24H,14H2,1-2H3/t20-/m0/s1. The summed E-state index contributed by atoms with van der Waals surface area (Å²) in [6, 6.07) is 17.9. The maximum absolute atomic E-state index is 13.1. The lowest BCUT2D eigenvalue weighted by Gasteiger charge is -2.22. The Bertz CT molecular complexity index is 1220. The number of anilines is 1. The van der Waals surface area contributed by atoms with Crippen LogP contribution in [0.2, 0.25) is 0 Å². The number of hydrogen-bond acceptors (Lipinski definition) is 5. The average Bonchev–Trinajstić information content (AvgIpc) is 3.37. The summed E-state index contributed by atoms with van der Waals surface area (Å²) >= 11 is 0. The van der Waals surface area contributed by atoms with Crippen molar-refractivity contribution in [3.8, 4) is 0 Å². The highest BCUT2D eigenvalue weighted by molar-refractivity contribution is 7.92. The Morgan fingerprint density at radius 2 is 1.93 bits per heavy atom. The smallest absolute Gasteiger partial charge is 0.310 e. The molecule has 0 fully saturated rings. The van der Waals surface area contributed by atoms with Gasteiger partial charge in [-0.2, -0.15) is 5.10 Å². The second-order valence-corrected chi connectivity index (χ2v) is 8.95. The molecule has 0 radical (unpaired) electrons. The number of rotatable bonds is 5. The normalized spacial score (nSPS) is 16.4. The molecule has 7 nitrogen and oxygen atoms in total. The number of hydrogen-bond donors (Lipinski definition) is 1. The molecule has 0 spiro atoms. The fourth-order valence-electron chi connectivity index (χ4n) is 3.56. The molecule has 1 aromatic heterocycles. The van der Waals surface area contributed by atoms with Crippen LogP contribution in [0.3, 0.4) is 0 Å². The molecular weight excluding hydrogens is 402 g/mol. The molecule has 0 saturated heterocycles. The maximum Gasteiger partial charge on any atom is 0.310 e. The molecule has 154 valence electrons. The van der Waals surface area contributed by atoms with E-state index in [4.69, 9.17) is 4.42 Å². The zero-order valence-corrected chi connectivity index (χ0v) is 17.4. The van der Waals surface area contributed by atoms with Crippen molar-refractivity contribution in [2.24, 2.45) is 5.10 Å². The van der Waals surface area contributed by atoms with Crippen molar-refractivity contribution in [1.82, 2.24) is 5.01 Å². The molecule has 2 aromatic carbocycles. The van der Waals surface area contributed by atoms with Crippen LogP contribution < -0.4 is 4.72 Å². The van der Waals surface area contributed by atoms with E-state index in [2.05, 4.69) is 9.82 Å². The van der Waals surface area contributed by atoms with Gasteiger partial charge in [0.15, 0.2) is 5.76 Å². The molecule has 4 rings (SSSR count). The average molecular weight is 423 g/mol. The van der Waals surface area contributed by atoms with E-state index in [1.807, 2.05) is 37.3 Å². The van der Waals surface area contributed by atoms with E-state index in [-0.39, 0.29) is 17.7 Å². The highest BCUT2D eigenvalue weighted by Gasteiger charge is 2.35. The predicted molar refractivity (Wildman–Crippen MR) is 115 cm³/mol. The molecule has 1 atom stereocenters. The van der Waals surface area contributed by atoms with Gasteiger partial charge in [0.05, 0.1) is 24.3 Å². The number of amides is 1. The van der Waals surface area contributed by atoms with E-state index < -0.39 is 10.0 Å². The van der Waals surface area contributed by atoms with Crippen molar-refractivity contribution in [2.75, 3.05) is 11.0 Å². The van der Waals surface area contributed by atoms with Crippen LogP contribution in [0.25, 0.3) is 0 Å². The summed E-state index contributed by atoms with van der Waals surface area (Å²) in [5.74, 6) is -0.111. The van der Waals surface area contributed by atoms with Crippen molar-refractivity contribution >= 4 is 27.3 Å². The monoisotopic (exact) mass is 423 g/mol. The highest BCUT2D eigenvalue weighted by Crippen LogP contribution is 2.35. The first-order valence-electron chi connectivity index (χ1n) is 9.40. The predicted octanol–water partition coefficient (Wildman–Crippen LogP) is 3.95. The Hall–Kier alpha value is -3.39. The van der Waals surface area contributed by atoms with Crippen LogP contribution in [0.1, 0.15) is 39.7 Å². The summed E-state index contributed by atoms with van der Waals surface area (Å²) in [5, 5.41) is 6.07. The number of nitrogens with zero attached hydrogens (tertiary/aromatic N) is 2. The number of furan rings is 1. The second-order valence-electron chi connectivity index (χ2n) is 7.21. The lowest BCUT2D eigenvalue weighted by Crippen LogP contribution is -2.27. The molecule has 0 bridgehead atoms. The Morgan fingerprint density at radius 3 is 2.63 bits per heavy atom. The van der Waals surface area contributed by atoms with E-state index in [9.17, 15) is 13.2 Å². The van der Waals surface area contributed by atoms with Crippen LogP contribution in [-0.4, -0.2) is 31.3 Å². The number of sulfonamides is 1. The lowest BCUT2D eigenvalue weighted by atomic mass is 9.95. The fourth-order valence-corrected chi connectivity index (χ4v) is 4.12. The van der Waals surface area contributed by atoms with Crippen LogP contribution >= 0.6 is 0 Å². The Labute approximate surface area is 175 Å². The van der Waals surface area contributed by atoms with Crippen LogP contribution in [0, 0.1) is 6.92 Å². The molecule has 30 heavy (non-hydrogen) atoms. The van der Waals surface area contributed by atoms with Crippen molar-refractivity contribution in [1.29, 1.82) is 0 Å². The fraction of sp³-hybridized carbons (Fsp3) is 0.182. The number of carbonyl (C=O) groups excluding carboxylic acids is 1. The minimum Gasteiger partial charge on any atom is -0.459 e. The van der Waals surface area contributed by atoms with Crippen molar-refractivity contribution in [2.45, 2.75) is 19.4 Å². The van der Waals surface area contributed by atoms with Crippen LogP contribution in [0.15, 0.2) is 76.4 Å². The van der Waals surface area contributed by atoms with E-state index in [1.165, 1.54) is 11.3 Å². The molecule has 0 saturated carbocycles. The third kappa shape index (κ3) is 4.13. The quantitative estimate of drug-likeness (QED) is 0.673. The number of benzene rings is 2. The summed E-state index contributed by atoms with van der Waals surface area (Å²) in [5.41, 5.74) is 3.95. The molecule has 2 heterocycles. The zero-order valence-electron chi connectivity index (χ0n) is 16.6. The van der Waals surface area contributed by atoms with Gasteiger partial charge in [-0.25, -0.2) is 13.4 Å². The molecular formula is C22H21N3O4S. The lowest BCUT2D eigenvalue weighted by molar-refractivity contribution is 0.0678. The van der Waals surface area contributed by atoms with Gasteiger partial charge in [0.1, 0.15) is 0 Å². The van der Waals surface area contributed by atoms with Crippen LogP contribution in [0.5, 0.6) is 0 Å². The van der Waals surface area contributed by atoms with E-state index in [0.29, 0.717) is 17.8 Å². The summed E-state index contributed by atoms with van der Waals surface area (Å²) in [6.07, 6.45) is 3.06. The Kier molecular flexibility index (Phi) is 5.17. The number of aryl methyl sites for hydroxylation is 1. The third-order valence-electron chi connectivity index (χ3n) is 4.90. The Morgan fingerprint density at radius 1 is 1.13 bits per heavy atom. The van der Waals surface area contributed by atoms with Gasteiger partial charge in [-0.15, -0.1) is 0 Å². The minimum absolute atomic E-state index is 0.214. The van der Waals surface area contributed by atoms with E-state index in [1.54, 1.807) is 30.3 Å². The van der Waals surface area contributed by atoms with Crippen molar-refractivity contribution in [3.05, 3.63) is 89.4 Å². The van der Waals surface area contributed by atoms with Gasteiger partial charge in [-0.05, 0) is 47.9 Å². The summed E-state index contributed by atoms with van der Waals surface area (Å²) in [4.78, 5) is 13.1. The number of carbonyl (C=O) groups is 1. The first-order valence-corrected chi connectivity index (χ1v) is 11.3. The van der Waals surface area contributed by atoms with Crippen LogP contribution in [0.4, 0.5) is 5.69 Å². The highest BCUT2D eigenvalue weighted by atomic mass is 32.2. The molecule has 1 aliphatic rings. The first kappa shape index (κ1) is 19.9. The topological polar surface area (TPSA) is 92.0 Å². The minimum atomic E-state index is -3.40. The van der Waals surface area contributed by atoms with Gasteiger partial charge < -0.3 is 4.42 Å². The molecule has 1 amide bonds. The van der Waals surface area contributed by atoms with Gasteiger partial charge in [-0.3, -0.25) is 9.52 Å². The van der Waals surface area contributed by atoms with Gasteiger partial charge in [0.2, 0.25) is 10.0 Å². The van der Waals surface area contributed by atoms with Gasteiger partial charge in [0, 0.05) is 12.1 Å². The Balaban J connectivity index is 1.73. The number of nitrogens with one attached hydrogen (secondary N) is 1. The SMILES string of the molecule is Cc1ccccc1[C@@H]1CC(c2cccc(NS(C)(=O)=O)c2)=NN1C(=O)c1ccco1. The van der Waals surface area contributed by atoms with Crippen LogP contribution in [-0.2, 0) is 10.0 Å². The van der Waals surface area contributed by atoms with Gasteiger partial charge in [0.25, 0.3) is 0 Å². The molecule has 0 aliphatic carbocycles. The van der Waals surface area contributed by atoms with Gasteiger partial charge >= 0.3 is 5.91 Å². The van der Waals surface area contributed by atoms with E-state index >= 15 is 0 Å². The molecule has 1 aliphatic heterocycles. The first-order chi connectivity index (χ1) is 14.3. The zero-order chi connectivity index (χ0) is 21.3. The molecule has 1 N–H and O–H groups in total. The third-order valence-corrected chi connectivity index (χ3v) is 5.50. The summed E-state index contributed by atoms with van der Waals surface area (Å²) in [7, 11) is -3.40. The summed E-state index contributed by atoms with van der Waals surface area (Å²) < 4.78 is 30.9. The molecule has 3 aromatic rings. The molecule has 0 unspecified atom stereocenters. The second kappa shape index (κ2) is 7.79. The van der Waals surface area contributed by atoms with Gasteiger partial charge in [-0.1, -0.05) is 36.4 Å².